The van der Waals surface area contributed by atoms with Crippen LogP contribution in [0.3, 0.4) is 0 Å². The number of thioether (sulfide) groups is 3. The maximum absolute atomic E-state index is 13.3. The van der Waals surface area contributed by atoms with Gasteiger partial charge in [0.15, 0.2) is 11.7 Å². The van der Waals surface area contributed by atoms with E-state index in [2.05, 4.69) is 18.5 Å². The van der Waals surface area contributed by atoms with Crippen molar-refractivity contribution in [2.75, 3.05) is 54.2 Å². The van der Waals surface area contributed by atoms with E-state index in [0.717, 1.165) is 18.8 Å². The van der Waals surface area contributed by atoms with Gasteiger partial charge in [-0.3, -0.25) is 4.79 Å². The number of carboxylic acids is 1. The number of allylic oxidation sites excluding steroid dienone is 6. The van der Waals surface area contributed by atoms with Crippen molar-refractivity contribution in [1.82, 2.24) is 5.32 Å². The fourth-order valence-electron chi connectivity index (χ4n) is 2.72. The van der Waals surface area contributed by atoms with Gasteiger partial charge in [0, 0.05) is 47.4 Å². The van der Waals surface area contributed by atoms with Crippen molar-refractivity contribution in [3.05, 3.63) is 47.9 Å². The summed E-state index contributed by atoms with van der Waals surface area (Å²) >= 11 is 5.96. The predicted molar refractivity (Wildman–Crippen MR) is 176 cm³/mol. The lowest BCUT2D eigenvalue weighted by Crippen LogP contribution is -2.39. The Labute approximate surface area is 255 Å². The summed E-state index contributed by atoms with van der Waals surface area (Å²) < 4.78 is 45.3. The number of aliphatic carboxylic acids is 1. The molecule has 0 saturated heterocycles. The fourth-order valence-corrected chi connectivity index (χ4v) is 5.75. The molecule has 0 aliphatic carbocycles. The lowest BCUT2D eigenvalue weighted by atomic mass is 10.1. The predicted octanol–water partition coefficient (Wildman–Crippen LogP) is 9.40. The standard InChI is InChI=1S/C17H33NO3S3.C11H15F3.C2H6/c1-4-5-9-22-11-13-24-14-12-23-10-8-21-17(2,3)15-18-7-6-16(19)20;1-5-8(9(12)6-2)11(14)10(13)7(3)4;1-2/h4,18H,1,5-15H2,2-3H3,(H,19,20);3,5-6H2,1-2,4H3;1-2H3/b;9-8+,11-10-;. The van der Waals surface area contributed by atoms with Crippen LogP contribution in [0.25, 0.3) is 0 Å². The molecule has 4 nitrogen and oxygen atoms in total. The minimum absolute atomic E-state index is 0.0302. The van der Waals surface area contributed by atoms with Crippen LogP contribution in [0, 0.1) is 0 Å². The summed E-state index contributed by atoms with van der Waals surface area (Å²) in [5.41, 5.74) is -0.485. The summed E-state index contributed by atoms with van der Waals surface area (Å²) in [6, 6.07) is 0. The maximum atomic E-state index is 13.3. The highest BCUT2D eigenvalue weighted by Crippen LogP contribution is 2.28. The van der Waals surface area contributed by atoms with Crippen LogP contribution in [0.1, 0.15) is 74.1 Å². The molecule has 0 fully saturated rings. The van der Waals surface area contributed by atoms with Crippen molar-refractivity contribution in [2.24, 2.45) is 0 Å². The van der Waals surface area contributed by atoms with Gasteiger partial charge in [-0.05, 0) is 51.4 Å². The molecule has 2 N–H and O–H groups in total. The van der Waals surface area contributed by atoms with Gasteiger partial charge in [0.25, 0.3) is 0 Å². The van der Waals surface area contributed by atoms with Gasteiger partial charge in [-0.2, -0.15) is 35.3 Å². The molecule has 0 aromatic rings. The van der Waals surface area contributed by atoms with Crippen LogP contribution < -0.4 is 5.32 Å². The molecule has 0 rings (SSSR count). The van der Waals surface area contributed by atoms with Crippen LogP contribution in [0.2, 0.25) is 0 Å². The molecule has 10 heteroatoms. The SMILES string of the molecule is C=C(C)/C(F)=C(F)\C(CC)=C(\F)CC.C=CCCSCCSCCSCCOC(C)(C)CNCCC(=O)O.CC. The third-order valence-electron chi connectivity index (χ3n) is 4.82. The third kappa shape index (κ3) is 27.4. The topological polar surface area (TPSA) is 58.6 Å². The number of hydrogen-bond donors (Lipinski definition) is 2. The van der Waals surface area contributed by atoms with Crippen LogP contribution in [0.5, 0.6) is 0 Å². The van der Waals surface area contributed by atoms with Crippen molar-refractivity contribution in [3.63, 3.8) is 0 Å². The smallest absolute Gasteiger partial charge is 0.304 e. The van der Waals surface area contributed by atoms with Gasteiger partial charge in [0.1, 0.15) is 5.83 Å². The van der Waals surface area contributed by atoms with Crippen LogP contribution in [-0.2, 0) is 9.53 Å². The first-order chi connectivity index (χ1) is 18.9. The second-order valence-corrected chi connectivity index (χ2v) is 12.5. The first kappa shape index (κ1) is 43.6. The van der Waals surface area contributed by atoms with E-state index >= 15 is 0 Å². The monoisotopic (exact) mass is 629 g/mol. The molecule has 0 heterocycles. The third-order valence-corrected chi connectivity index (χ3v) is 8.29. The molecule has 0 radical (unpaired) electrons. The number of hydrogen-bond acceptors (Lipinski definition) is 6. The fraction of sp³-hybridized carbons (Fsp3) is 0.700. The first-order valence-electron chi connectivity index (χ1n) is 13.9. The molecule has 0 aliphatic heterocycles. The molecule has 0 unspecified atom stereocenters. The summed E-state index contributed by atoms with van der Waals surface area (Å²) in [4.78, 5) is 10.4. The number of carboxylic acid groups (broad SMARTS) is 1. The number of halogens is 3. The van der Waals surface area contributed by atoms with E-state index in [0.29, 0.717) is 13.1 Å². The highest BCUT2D eigenvalue weighted by atomic mass is 32.2. The first-order valence-corrected chi connectivity index (χ1v) is 17.4. The van der Waals surface area contributed by atoms with Gasteiger partial charge >= 0.3 is 5.97 Å². The Bertz CT molecular complexity index is 745. The van der Waals surface area contributed by atoms with Gasteiger partial charge in [0.2, 0.25) is 0 Å². The highest BCUT2D eigenvalue weighted by molar-refractivity contribution is 8.04. The molecular weight excluding hydrogens is 576 g/mol. The zero-order valence-corrected chi connectivity index (χ0v) is 28.3. The van der Waals surface area contributed by atoms with Crippen molar-refractivity contribution < 1.29 is 27.8 Å². The summed E-state index contributed by atoms with van der Waals surface area (Å²) in [6.45, 7) is 21.4. The van der Waals surface area contributed by atoms with Gasteiger partial charge in [0.05, 0.1) is 18.6 Å². The zero-order valence-electron chi connectivity index (χ0n) is 25.8. The molecule has 0 amide bonds. The number of rotatable bonds is 22. The lowest BCUT2D eigenvalue weighted by Gasteiger charge is -2.25. The molecule has 40 heavy (non-hydrogen) atoms. The Morgan fingerprint density at radius 1 is 0.950 bits per heavy atom. The maximum Gasteiger partial charge on any atom is 0.304 e. The second kappa shape index (κ2) is 29.7. The van der Waals surface area contributed by atoms with E-state index in [1.165, 1.54) is 35.7 Å². The van der Waals surface area contributed by atoms with Crippen LogP contribution in [-0.4, -0.2) is 70.9 Å². The number of carbonyl (C=O) groups is 1. The zero-order chi connectivity index (χ0) is 31.4. The van der Waals surface area contributed by atoms with Crippen LogP contribution >= 0.6 is 35.3 Å². The summed E-state index contributed by atoms with van der Waals surface area (Å²) in [6.07, 6.45) is 3.44. The molecule has 0 aromatic heterocycles. The van der Waals surface area contributed by atoms with Crippen molar-refractivity contribution in [3.8, 4) is 0 Å². The number of nitrogens with one attached hydrogen (secondary N) is 1. The Morgan fingerprint density at radius 3 is 1.93 bits per heavy atom. The Kier molecular flexibility index (Phi) is 32.4. The van der Waals surface area contributed by atoms with Gasteiger partial charge in [-0.15, -0.1) is 6.58 Å². The van der Waals surface area contributed by atoms with Crippen molar-refractivity contribution in [1.29, 1.82) is 0 Å². The Balaban J connectivity index is -0.000000727. The van der Waals surface area contributed by atoms with E-state index in [4.69, 9.17) is 9.84 Å². The molecular formula is C30H54F3NO3S3. The minimum Gasteiger partial charge on any atom is -0.481 e. The summed E-state index contributed by atoms with van der Waals surface area (Å²) in [5.74, 6) is 3.46. The molecule has 0 atom stereocenters. The van der Waals surface area contributed by atoms with E-state index in [1.807, 2.05) is 69.1 Å². The summed E-state index contributed by atoms with van der Waals surface area (Å²) in [7, 11) is 0. The van der Waals surface area contributed by atoms with Crippen molar-refractivity contribution >= 4 is 41.3 Å². The Hall–Kier alpha value is -0.810. The van der Waals surface area contributed by atoms with E-state index < -0.39 is 23.4 Å². The summed E-state index contributed by atoms with van der Waals surface area (Å²) in [5, 5.41) is 11.7. The molecule has 0 bridgehead atoms. The molecule has 0 spiro atoms. The highest BCUT2D eigenvalue weighted by Gasteiger charge is 2.17. The van der Waals surface area contributed by atoms with Gasteiger partial charge in [-0.25, -0.2) is 13.2 Å². The minimum atomic E-state index is -1.13. The van der Waals surface area contributed by atoms with Gasteiger partial charge < -0.3 is 15.2 Å². The van der Waals surface area contributed by atoms with E-state index in [-0.39, 0.29) is 36.0 Å². The second-order valence-electron chi connectivity index (χ2n) is 8.84. The average molecular weight is 630 g/mol. The normalized spacial score (nSPS) is 12.2. The molecule has 0 aromatic carbocycles. The molecule has 0 aliphatic rings. The lowest BCUT2D eigenvalue weighted by molar-refractivity contribution is -0.136. The largest absolute Gasteiger partial charge is 0.481 e. The van der Waals surface area contributed by atoms with Crippen LogP contribution in [0.15, 0.2) is 47.9 Å². The van der Waals surface area contributed by atoms with Crippen molar-refractivity contribution in [2.45, 2.75) is 79.8 Å². The van der Waals surface area contributed by atoms with Gasteiger partial charge in [-0.1, -0.05) is 40.3 Å². The molecule has 236 valence electrons. The quantitative estimate of drug-likeness (QED) is 0.0703. The average Bonchev–Trinajstić information content (AvgIpc) is 2.92. The van der Waals surface area contributed by atoms with E-state index in [9.17, 15) is 18.0 Å². The number of ether oxygens (including phenoxy) is 1. The van der Waals surface area contributed by atoms with E-state index in [1.54, 1.807) is 13.8 Å². The Morgan fingerprint density at radius 2 is 1.48 bits per heavy atom. The molecule has 0 saturated carbocycles. The van der Waals surface area contributed by atoms with Crippen LogP contribution in [0.4, 0.5) is 13.2 Å².